The highest BCUT2D eigenvalue weighted by Crippen LogP contribution is 2.19. The van der Waals surface area contributed by atoms with Crippen LogP contribution >= 0.6 is 11.6 Å². The molecule has 0 spiro atoms. The van der Waals surface area contributed by atoms with Gasteiger partial charge >= 0.3 is 6.03 Å². The van der Waals surface area contributed by atoms with E-state index in [0.29, 0.717) is 34.2 Å². The van der Waals surface area contributed by atoms with Gasteiger partial charge < -0.3 is 11.1 Å². The second-order valence-corrected chi connectivity index (χ2v) is 6.59. The molecule has 0 saturated heterocycles. The number of aromatic nitrogens is 2. The highest BCUT2D eigenvalue weighted by atomic mass is 35.5. The van der Waals surface area contributed by atoms with Crippen LogP contribution in [0.4, 0.5) is 16.3 Å². The Morgan fingerprint density at radius 2 is 2.04 bits per heavy atom. The number of halogens is 1. The van der Waals surface area contributed by atoms with Gasteiger partial charge in [0.1, 0.15) is 5.82 Å². The first-order valence-corrected chi connectivity index (χ1v) is 8.87. The first-order chi connectivity index (χ1) is 13.4. The molecule has 0 saturated carbocycles. The predicted octanol–water partition coefficient (Wildman–Crippen LogP) is 3.76. The van der Waals surface area contributed by atoms with Crippen molar-refractivity contribution in [1.82, 2.24) is 15.3 Å². The van der Waals surface area contributed by atoms with Crippen molar-refractivity contribution in [1.29, 1.82) is 5.41 Å². The molecular formula is C20H19ClN6O. The number of carbonyl (C=O) groups excluding carboxylic acids is 1. The van der Waals surface area contributed by atoms with Crippen LogP contribution in [0.3, 0.4) is 0 Å². The van der Waals surface area contributed by atoms with E-state index in [1.54, 1.807) is 30.5 Å². The van der Waals surface area contributed by atoms with Gasteiger partial charge in [0.25, 0.3) is 0 Å². The van der Waals surface area contributed by atoms with Crippen LogP contribution in [0.15, 0.2) is 54.9 Å². The van der Waals surface area contributed by atoms with Crippen LogP contribution in [0.5, 0.6) is 0 Å². The fraction of sp³-hybridized carbons (Fsp3) is 0.100. The van der Waals surface area contributed by atoms with Crippen molar-refractivity contribution in [3.63, 3.8) is 0 Å². The van der Waals surface area contributed by atoms with Crippen LogP contribution in [0.1, 0.15) is 22.4 Å². The molecule has 0 bridgehead atoms. The van der Waals surface area contributed by atoms with Gasteiger partial charge in [-0.2, -0.15) is 0 Å². The molecule has 1 aromatic carbocycles. The molecule has 142 valence electrons. The SMILES string of the molecule is Cc1cc(C(=N)c2cnc(NC(=O)NCc3cccc(Cl)c3)cc2N)ccn1. The largest absolute Gasteiger partial charge is 0.398 e. The summed E-state index contributed by atoms with van der Waals surface area (Å²) in [7, 11) is 0. The van der Waals surface area contributed by atoms with Gasteiger partial charge in [0.2, 0.25) is 0 Å². The molecule has 3 aromatic rings. The summed E-state index contributed by atoms with van der Waals surface area (Å²) in [4.78, 5) is 20.4. The molecule has 3 rings (SSSR count). The monoisotopic (exact) mass is 394 g/mol. The summed E-state index contributed by atoms with van der Waals surface area (Å²) < 4.78 is 0. The molecule has 0 aliphatic rings. The van der Waals surface area contributed by atoms with E-state index in [1.807, 2.05) is 19.1 Å². The van der Waals surface area contributed by atoms with Crippen LogP contribution < -0.4 is 16.4 Å². The van der Waals surface area contributed by atoms with Crippen molar-refractivity contribution in [2.24, 2.45) is 0 Å². The molecule has 28 heavy (non-hydrogen) atoms. The summed E-state index contributed by atoms with van der Waals surface area (Å²) in [6, 6.07) is 11.9. The van der Waals surface area contributed by atoms with Crippen LogP contribution in [0, 0.1) is 12.3 Å². The summed E-state index contributed by atoms with van der Waals surface area (Å²) in [6.45, 7) is 2.18. The van der Waals surface area contributed by atoms with Gasteiger partial charge in [-0.1, -0.05) is 23.7 Å². The van der Waals surface area contributed by atoms with Gasteiger partial charge in [0.15, 0.2) is 0 Å². The van der Waals surface area contributed by atoms with E-state index >= 15 is 0 Å². The zero-order valence-electron chi connectivity index (χ0n) is 15.2. The number of aryl methyl sites for hydroxylation is 1. The van der Waals surface area contributed by atoms with Crippen molar-refractivity contribution >= 4 is 34.8 Å². The second kappa shape index (κ2) is 8.49. The number of nitrogen functional groups attached to an aromatic ring is 1. The molecule has 0 unspecified atom stereocenters. The minimum atomic E-state index is -0.417. The lowest BCUT2D eigenvalue weighted by molar-refractivity contribution is 0.251. The Morgan fingerprint density at radius 3 is 2.75 bits per heavy atom. The lowest BCUT2D eigenvalue weighted by Crippen LogP contribution is -2.28. The van der Waals surface area contributed by atoms with Crippen molar-refractivity contribution in [3.05, 3.63) is 82.3 Å². The Morgan fingerprint density at radius 1 is 1.21 bits per heavy atom. The molecule has 0 fully saturated rings. The third kappa shape index (κ3) is 4.83. The fourth-order valence-electron chi connectivity index (χ4n) is 2.59. The lowest BCUT2D eigenvalue weighted by Gasteiger charge is -2.11. The van der Waals surface area contributed by atoms with E-state index in [2.05, 4.69) is 20.6 Å². The number of benzene rings is 1. The molecule has 5 N–H and O–H groups in total. The first-order valence-electron chi connectivity index (χ1n) is 8.49. The number of pyridine rings is 2. The molecule has 2 heterocycles. The van der Waals surface area contributed by atoms with Crippen molar-refractivity contribution in [2.75, 3.05) is 11.1 Å². The number of rotatable bonds is 5. The zero-order valence-corrected chi connectivity index (χ0v) is 15.9. The number of nitrogens with one attached hydrogen (secondary N) is 3. The van der Waals surface area contributed by atoms with Gasteiger partial charge in [0, 0.05) is 52.5 Å². The van der Waals surface area contributed by atoms with E-state index in [1.165, 1.54) is 12.3 Å². The Kier molecular flexibility index (Phi) is 5.86. The molecule has 0 aliphatic heterocycles. The van der Waals surface area contributed by atoms with E-state index in [0.717, 1.165) is 11.3 Å². The average Bonchev–Trinajstić information content (AvgIpc) is 2.66. The number of carbonyl (C=O) groups is 1. The minimum Gasteiger partial charge on any atom is -0.398 e. The average molecular weight is 395 g/mol. The number of hydrogen-bond acceptors (Lipinski definition) is 5. The van der Waals surface area contributed by atoms with Crippen LogP contribution in [0.25, 0.3) is 0 Å². The summed E-state index contributed by atoms with van der Waals surface area (Å²) in [5, 5.41) is 14.3. The Balaban J connectivity index is 1.65. The Bertz CT molecular complexity index is 1040. The standard InChI is InChI=1S/C20H19ClN6O/c1-12-7-14(5-6-24-12)19(23)16-11-25-18(9-17(16)22)27-20(28)26-10-13-3-2-4-15(21)8-13/h2-9,11,23H,10H2,1H3,(H4,22,25,26,27,28). The molecule has 0 atom stereocenters. The number of amides is 2. The summed E-state index contributed by atoms with van der Waals surface area (Å²) >= 11 is 5.93. The second-order valence-electron chi connectivity index (χ2n) is 6.16. The maximum absolute atomic E-state index is 12.1. The number of anilines is 2. The highest BCUT2D eigenvalue weighted by Gasteiger charge is 2.12. The molecule has 8 heteroatoms. The van der Waals surface area contributed by atoms with E-state index < -0.39 is 6.03 Å². The van der Waals surface area contributed by atoms with Crippen LogP contribution in [0.2, 0.25) is 5.02 Å². The first kappa shape index (κ1) is 19.3. The fourth-order valence-corrected chi connectivity index (χ4v) is 2.81. The Labute approximate surface area is 167 Å². The van der Waals surface area contributed by atoms with E-state index in [9.17, 15) is 4.79 Å². The maximum atomic E-state index is 12.1. The van der Waals surface area contributed by atoms with Gasteiger partial charge in [-0.3, -0.25) is 15.7 Å². The summed E-state index contributed by atoms with van der Waals surface area (Å²) in [6.07, 6.45) is 3.11. The zero-order chi connectivity index (χ0) is 20.1. The van der Waals surface area contributed by atoms with Crippen LogP contribution in [-0.4, -0.2) is 21.7 Å². The Hall–Kier alpha value is -3.45. The molecule has 2 amide bonds. The molecule has 2 aromatic heterocycles. The lowest BCUT2D eigenvalue weighted by atomic mass is 10.0. The summed E-state index contributed by atoms with van der Waals surface area (Å²) in [5.74, 6) is 0.295. The number of urea groups is 1. The topological polar surface area (TPSA) is 117 Å². The normalized spacial score (nSPS) is 10.4. The highest BCUT2D eigenvalue weighted by molar-refractivity contribution is 6.30. The number of nitrogens with two attached hydrogens (primary N) is 1. The van der Waals surface area contributed by atoms with E-state index in [4.69, 9.17) is 22.7 Å². The van der Waals surface area contributed by atoms with Gasteiger partial charge in [-0.05, 0) is 36.8 Å². The molecular weight excluding hydrogens is 376 g/mol. The quantitative estimate of drug-likeness (QED) is 0.493. The third-order valence-electron chi connectivity index (χ3n) is 3.97. The van der Waals surface area contributed by atoms with Crippen molar-refractivity contribution in [3.8, 4) is 0 Å². The molecule has 0 aliphatic carbocycles. The van der Waals surface area contributed by atoms with Gasteiger partial charge in [0.05, 0.1) is 5.71 Å². The van der Waals surface area contributed by atoms with E-state index in [-0.39, 0.29) is 5.71 Å². The smallest absolute Gasteiger partial charge is 0.320 e. The summed E-state index contributed by atoms with van der Waals surface area (Å²) in [5.41, 5.74) is 9.53. The van der Waals surface area contributed by atoms with Crippen molar-refractivity contribution < 1.29 is 4.79 Å². The van der Waals surface area contributed by atoms with Crippen LogP contribution in [-0.2, 0) is 6.54 Å². The van der Waals surface area contributed by atoms with Gasteiger partial charge in [-0.15, -0.1) is 0 Å². The maximum Gasteiger partial charge on any atom is 0.320 e. The predicted molar refractivity (Wildman–Crippen MR) is 111 cm³/mol. The third-order valence-corrected chi connectivity index (χ3v) is 4.21. The minimum absolute atomic E-state index is 0.243. The number of hydrogen-bond donors (Lipinski definition) is 4. The number of nitrogens with zero attached hydrogens (tertiary/aromatic N) is 2. The molecule has 7 nitrogen and oxygen atoms in total. The van der Waals surface area contributed by atoms with Gasteiger partial charge in [-0.25, -0.2) is 9.78 Å². The van der Waals surface area contributed by atoms with Crippen molar-refractivity contribution in [2.45, 2.75) is 13.5 Å². The molecule has 0 radical (unpaired) electrons.